The van der Waals surface area contributed by atoms with Crippen molar-refractivity contribution < 1.29 is 4.79 Å². The number of hydrogen-bond donors (Lipinski definition) is 0. The Balaban J connectivity index is 1.68. The van der Waals surface area contributed by atoms with Gasteiger partial charge in [-0.2, -0.15) is 0 Å². The van der Waals surface area contributed by atoms with Crippen molar-refractivity contribution in [3.8, 4) is 0 Å². The molecule has 20 heavy (non-hydrogen) atoms. The molecule has 1 aromatic heterocycles. The third-order valence-electron chi connectivity index (χ3n) is 4.04. The number of carbonyl (C=O) groups is 1. The van der Waals surface area contributed by atoms with E-state index >= 15 is 0 Å². The van der Waals surface area contributed by atoms with Crippen LogP contribution in [-0.2, 0) is 11.3 Å². The fourth-order valence-electron chi connectivity index (χ4n) is 2.93. The van der Waals surface area contributed by atoms with Crippen LogP contribution < -0.4 is 0 Å². The summed E-state index contributed by atoms with van der Waals surface area (Å²) in [6.07, 6.45) is 5.80. The quantitative estimate of drug-likeness (QED) is 0.860. The van der Waals surface area contributed by atoms with Gasteiger partial charge >= 0.3 is 0 Å². The molecule has 0 atom stereocenters. The summed E-state index contributed by atoms with van der Waals surface area (Å²) in [5, 5.41) is 1.03. The summed E-state index contributed by atoms with van der Waals surface area (Å²) < 4.78 is 1.20. The van der Waals surface area contributed by atoms with Gasteiger partial charge in [-0.15, -0.1) is 11.3 Å². The lowest BCUT2D eigenvalue weighted by Crippen LogP contribution is -2.33. The Morgan fingerprint density at radius 1 is 1.30 bits per heavy atom. The van der Waals surface area contributed by atoms with Crippen LogP contribution in [0.5, 0.6) is 0 Å². The number of rotatable bonds is 3. The van der Waals surface area contributed by atoms with Crippen LogP contribution in [0, 0.1) is 5.92 Å². The third kappa shape index (κ3) is 2.85. The van der Waals surface area contributed by atoms with Crippen molar-refractivity contribution in [3.63, 3.8) is 0 Å². The lowest BCUT2D eigenvalue weighted by Gasteiger charge is -2.25. The van der Waals surface area contributed by atoms with Crippen molar-refractivity contribution in [1.82, 2.24) is 9.88 Å². The second-order valence-corrected chi connectivity index (χ2v) is 6.72. The van der Waals surface area contributed by atoms with Crippen molar-refractivity contribution in [2.24, 2.45) is 5.92 Å². The van der Waals surface area contributed by atoms with Crippen LogP contribution in [0.15, 0.2) is 24.3 Å². The highest BCUT2D eigenvalue weighted by Crippen LogP contribution is 2.27. The maximum Gasteiger partial charge on any atom is 0.225 e. The lowest BCUT2D eigenvalue weighted by atomic mass is 9.88. The number of aromatic nitrogens is 1. The minimum Gasteiger partial charge on any atom is -0.339 e. The van der Waals surface area contributed by atoms with Crippen LogP contribution >= 0.6 is 11.3 Å². The lowest BCUT2D eigenvalue weighted by molar-refractivity contribution is -0.135. The Hall–Kier alpha value is -1.42. The van der Waals surface area contributed by atoms with Crippen molar-refractivity contribution in [3.05, 3.63) is 29.3 Å². The summed E-state index contributed by atoms with van der Waals surface area (Å²) in [5.41, 5.74) is 1.03. The van der Waals surface area contributed by atoms with Crippen LogP contribution in [0.3, 0.4) is 0 Å². The van der Waals surface area contributed by atoms with Gasteiger partial charge in [0.1, 0.15) is 5.01 Å². The van der Waals surface area contributed by atoms with E-state index in [0.29, 0.717) is 12.5 Å². The van der Waals surface area contributed by atoms with Gasteiger partial charge in [0.25, 0.3) is 0 Å². The maximum atomic E-state index is 12.4. The Bertz CT molecular complexity index is 568. The molecule has 1 aliphatic rings. The first kappa shape index (κ1) is 13.6. The number of para-hydroxylation sites is 1. The number of nitrogens with zero attached hydrogens (tertiary/aromatic N) is 2. The molecular formula is C16H20N2OS. The molecule has 4 heteroatoms. The number of fused-ring (bicyclic) bond motifs is 1. The van der Waals surface area contributed by atoms with Gasteiger partial charge in [-0.05, 0) is 25.0 Å². The minimum absolute atomic E-state index is 0.239. The molecule has 0 N–H and O–H groups in total. The molecule has 0 radical (unpaired) electrons. The molecule has 3 rings (SSSR count). The molecule has 2 aromatic rings. The largest absolute Gasteiger partial charge is 0.339 e. The van der Waals surface area contributed by atoms with Crippen molar-refractivity contribution in [2.45, 2.75) is 38.6 Å². The Labute approximate surface area is 123 Å². The number of benzene rings is 1. The normalized spacial score (nSPS) is 16.4. The van der Waals surface area contributed by atoms with E-state index in [1.807, 2.05) is 30.1 Å². The highest BCUT2D eigenvalue weighted by atomic mass is 32.1. The fourth-order valence-corrected chi connectivity index (χ4v) is 3.95. The van der Waals surface area contributed by atoms with Gasteiger partial charge in [-0.25, -0.2) is 4.98 Å². The Morgan fingerprint density at radius 3 is 2.80 bits per heavy atom. The molecule has 1 amide bonds. The van der Waals surface area contributed by atoms with E-state index in [4.69, 9.17) is 0 Å². The highest BCUT2D eigenvalue weighted by Gasteiger charge is 2.24. The van der Waals surface area contributed by atoms with E-state index in [-0.39, 0.29) is 5.92 Å². The van der Waals surface area contributed by atoms with Gasteiger partial charge in [-0.3, -0.25) is 4.79 Å². The molecule has 1 aliphatic carbocycles. The summed E-state index contributed by atoms with van der Waals surface area (Å²) in [7, 11) is 1.91. The van der Waals surface area contributed by atoms with E-state index < -0.39 is 0 Å². The first-order chi connectivity index (χ1) is 9.74. The number of amides is 1. The second kappa shape index (κ2) is 5.92. The molecule has 1 aromatic carbocycles. The topological polar surface area (TPSA) is 33.2 Å². The molecule has 0 saturated heterocycles. The molecule has 0 bridgehead atoms. The SMILES string of the molecule is CN(Cc1nc2ccccc2s1)C(=O)C1CCCCC1. The van der Waals surface area contributed by atoms with Gasteiger partial charge in [0, 0.05) is 13.0 Å². The van der Waals surface area contributed by atoms with Crippen LogP contribution in [0.25, 0.3) is 10.2 Å². The molecule has 106 valence electrons. The van der Waals surface area contributed by atoms with E-state index in [0.717, 1.165) is 23.4 Å². The second-order valence-electron chi connectivity index (χ2n) is 5.60. The predicted molar refractivity (Wildman–Crippen MR) is 82.7 cm³/mol. The molecule has 1 saturated carbocycles. The summed E-state index contributed by atoms with van der Waals surface area (Å²) in [6, 6.07) is 8.14. The van der Waals surface area contributed by atoms with E-state index in [1.165, 1.54) is 24.0 Å². The van der Waals surface area contributed by atoms with Crippen LogP contribution in [-0.4, -0.2) is 22.8 Å². The number of hydrogen-bond acceptors (Lipinski definition) is 3. The third-order valence-corrected chi connectivity index (χ3v) is 5.06. The highest BCUT2D eigenvalue weighted by molar-refractivity contribution is 7.18. The van der Waals surface area contributed by atoms with E-state index in [9.17, 15) is 4.79 Å². The summed E-state index contributed by atoms with van der Waals surface area (Å²) in [6.45, 7) is 0.634. The average Bonchev–Trinajstić information content (AvgIpc) is 2.89. The average molecular weight is 288 g/mol. The molecule has 0 unspecified atom stereocenters. The zero-order chi connectivity index (χ0) is 13.9. The minimum atomic E-state index is 0.239. The standard InChI is InChI=1S/C16H20N2OS/c1-18(16(19)12-7-3-2-4-8-12)11-15-17-13-9-5-6-10-14(13)20-15/h5-6,9-10,12H,2-4,7-8,11H2,1H3. The van der Waals surface area contributed by atoms with Crippen molar-refractivity contribution >= 4 is 27.5 Å². The van der Waals surface area contributed by atoms with Crippen molar-refractivity contribution in [1.29, 1.82) is 0 Å². The summed E-state index contributed by atoms with van der Waals surface area (Å²) >= 11 is 1.68. The maximum absolute atomic E-state index is 12.4. The van der Waals surface area contributed by atoms with Gasteiger partial charge in [0.15, 0.2) is 0 Å². The van der Waals surface area contributed by atoms with E-state index in [2.05, 4.69) is 11.1 Å². The van der Waals surface area contributed by atoms with Crippen molar-refractivity contribution in [2.75, 3.05) is 7.05 Å². The van der Waals surface area contributed by atoms with Gasteiger partial charge in [0.2, 0.25) is 5.91 Å². The number of carbonyl (C=O) groups excluding carboxylic acids is 1. The molecular weight excluding hydrogens is 268 g/mol. The smallest absolute Gasteiger partial charge is 0.225 e. The summed E-state index contributed by atoms with van der Waals surface area (Å²) in [5.74, 6) is 0.534. The predicted octanol–water partition coefficient (Wildman–Crippen LogP) is 3.84. The molecule has 1 fully saturated rings. The summed E-state index contributed by atoms with van der Waals surface area (Å²) in [4.78, 5) is 18.9. The monoisotopic (exact) mass is 288 g/mol. The first-order valence-electron chi connectivity index (χ1n) is 7.33. The van der Waals surface area contributed by atoms with Gasteiger partial charge in [-0.1, -0.05) is 31.4 Å². The van der Waals surface area contributed by atoms with Gasteiger partial charge in [0.05, 0.1) is 16.8 Å². The molecule has 1 heterocycles. The Kier molecular flexibility index (Phi) is 4.01. The number of thiazole rings is 1. The van der Waals surface area contributed by atoms with Crippen LogP contribution in [0.4, 0.5) is 0 Å². The van der Waals surface area contributed by atoms with Gasteiger partial charge < -0.3 is 4.90 Å². The molecule has 3 nitrogen and oxygen atoms in total. The fraction of sp³-hybridized carbons (Fsp3) is 0.500. The zero-order valence-corrected chi connectivity index (χ0v) is 12.7. The van der Waals surface area contributed by atoms with Crippen LogP contribution in [0.2, 0.25) is 0 Å². The van der Waals surface area contributed by atoms with E-state index in [1.54, 1.807) is 11.3 Å². The Morgan fingerprint density at radius 2 is 2.05 bits per heavy atom. The zero-order valence-electron chi connectivity index (χ0n) is 11.8. The first-order valence-corrected chi connectivity index (χ1v) is 8.15. The van der Waals surface area contributed by atoms with Crippen LogP contribution in [0.1, 0.15) is 37.1 Å². The molecule has 0 aliphatic heterocycles. The molecule has 0 spiro atoms.